The van der Waals surface area contributed by atoms with E-state index in [9.17, 15) is 14.4 Å². The smallest absolute Gasteiger partial charge is 0.267 e. The van der Waals surface area contributed by atoms with E-state index in [1.807, 2.05) is 19.1 Å². The molecule has 2 fully saturated rings. The van der Waals surface area contributed by atoms with Crippen molar-refractivity contribution in [3.63, 3.8) is 0 Å². The number of nitrogens with zero attached hydrogens (tertiary/aromatic N) is 2. The molecule has 1 aromatic carbocycles. The highest BCUT2D eigenvalue weighted by Gasteiger charge is 2.29. The number of piperidine rings is 1. The SMILES string of the molecule is Cc1cc(Br)cc(Cn2[nH]c(CN3C(=O)CCC3=O)cc2=O)c1OC1CCNCC1. The predicted octanol–water partition coefficient (Wildman–Crippen LogP) is 2.08. The van der Waals surface area contributed by atoms with Crippen LogP contribution in [0.2, 0.25) is 0 Å². The Morgan fingerprint density at radius 2 is 1.77 bits per heavy atom. The molecule has 2 aliphatic heterocycles. The van der Waals surface area contributed by atoms with Gasteiger partial charge in [0.2, 0.25) is 11.8 Å². The quantitative estimate of drug-likeness (QED) is 0.622. The lowest BCUT2D eigenvalue weighted by molar-refractivity contribution is -0.139. The van der Waals surface area contributed by atoms with Crippen molar-refractivity contribution in [3.05, 3.63) is 49.8 Å². The number of hydrogen-bond acceptors (Lipinski definition) is 5. The molecule has 0 spiro atoms. The number of aryl methyl sites for hydroxylation is 1. The summed E-state index contributed by atoms with van der Waals surface area (Å²) in [7, 11) is 0. The summed E-state index contributed by atoms with van der Waals surface area (Å²) in [6, 6.07) is 5.41. The number of likely N-dealkylation sites (tertiary alicyclic amines) is 1. The number of carbonyl (C=O) groups excluding carboxylic acids is 2. The Kier molecular flexibility index (Phi) is 6.10. The molecule has 0 aliphatic carbocycles. The van der Waals surface area contributed by atoms with E-state index in [0.717, 1.165) is 47.3 Å². The van der Waals surface area contributed by atoms with Gasteiger partial charge in [-0.3, -0.25) is 24.4 Å². The Hall–Kier alpha value is -2.39. The van der Waals surface area contributed by atoms with Gasteiger partial charge in [0, 0.05) is 28.9 Å². The van der Waals surface area contributed by atoms with E-state index in [-0.39, 0.29) is 42.9 Å². The average molecular weight is 477 g/mol. The molecule has 4 rings (SSSR count). The van der Waals surface area contributed by atoms with E-state index in [2.05, 4.69) is 26.3 Å². The van der Waals surface area contributed by atoms with Crippen LogP contribution in [-0.2, 0) is 22.7 Å². The van der Waals surface area contributed by atoms with Gasteiger partial charge in [0.1, 0.15) is 11.9 Å². The molecule has 9 heteroatoms. The van der Waals surface area contributed by atoms with Crippen molar-refractivity contribution in [1.29, 1.82) is 0 Å². The molecule has 0 saturated carbocycles. The molecular weight excluding hydrogens is 452 g/mol. The Morgan fingerprint density at radius 3 is 2.47 bits per heavy atom. The number of amides is 2. The molecule has 2 amide bonds. The second kappa shape index (κ2) is 8.77. The van der Waals surface area contributed by atoms with Crippen LogP contribution in [0.15, 0.2) is 27.5 Å². The summed E-state index contributed by atoms with van der Waals surface area (Å²) in [5.74, 6) is 0.404. The van der Waals surface area contributed by atoms with Crippen LogP contribution in [0.25, 0.3) is 0 Å². The van der Waals surface area contributed by atoms with Gasteiger partial charge in [0.25, 0.3) is 5.56 Å². The number of aromatic nitrogens is 2. The number of imide groups is 1. The summed E-state index contributed by atoms with van der Waals surface area (Å²) < 4.78 is 8.74. The van der Waals surface area contributed by atoms with E-state index in [1.165, 1.54) is 15.6 Å². The fraction of sp³-hybridized carbons (Fsp3) is 0.476. The molecule has 0 unspecified atom stereocenters. The number of halogens is 1. The first-order valence-electron chi connectivity index (χ1n) is 10.2. The van der Waals surface area contributed by atoms with Crippen molar-refractivity contribution < 1.29 is 14.3 Å². The van der Waals surface area contributed by atoms with Crippen molar-refractivity contribution >= 4 is 27.7 Å². The number of aromatic amines is 1. The first kappa shape index (κ1) is 20.9. The maximum Gasteiger partial charge on any atom is 0.267 e. The van der Waals surface area contributed by atoms with Crippen LogP contribution < -0.4 is 15.6 Å². The Bertz CT molecular complexity index is 1010. The van der Waals surface area contributed by atoms with Crippen LogP contribution in [0.4, 0.5) is 0 Å². The average Bonchev–Trinajstić information content (AvgIpc) is 3.21. The van der Waals surface area contributed by atoms with Crippen molar-refractivity contribution in [2.45, 2.75) is 51.8 Å². The van der Waals surface area contributed by atoms with Gasteiger partial charge in [-0.25, -0.2) is 4.68 Å². The topological polar surface area (TPSA) is 96.4 Å². The van der Waals surface area contributed by atoms with Crippen LogP contribution in [0, 0.1) is 6.92 Å². The largest absolute Gasteiger partial charge is 0.490 e. The molecular formula is C21H25BrN4O4. The number of rotatable bonds is 6. The van der Waals surface area contributed by atoms with Crippen molar-refractivity contribution in [3.8, 4) is 5.75 Å². The van der Waals surface area contributed by atoms with Crippen molar-refractivity contribution in [2.24, 2.45) is 0 Å². The van der Waals surface area contributed by atoms with E-state index < -0.39 is 0 Å². The number of carbonyl (C=O) groups is 2. The van der Waals surface area contributed by atoms with Crippen LogP contribution in [0.1, 0.15) is 42.5 Å². The Morgan fingerprint density at radius 1 is 1.07 bits per heavy atom. The summed E-state index contributed by atoms with van der Waals surface area (Å²) >= 11 is 3.54. The van der Waals surface area contributed by atoms with Gasteiger partial charge < -0.3 is 10.1 Å². The monoisotopic (exact) mass is 476 g/mol. The zero-order valence-corrected chi connectivity index (χ0v) is 18.5. The molecule has 0 bridgehead atoms. The van der Waals surface area contributed by atoms with E-state index in [4.69, 9.17) is 4.74 Å². The second-order valence-corrected chi connectivity index (χ2v) is 8.77. The minimum atomic E-state index is -0.213. The van der Waals surface area contributed by atoms with Gasteiger partial charge in [-0.15, -0.1) is 0 Å². The van der Waals surface area contributed by atoms with Gasteiger partial charge in [-0.2, -0.15) is 0 Å². The zero-order chi connectivity index (χ0) is 21.3. The number of H-pyrrole nitrogens is 1. The third-order valence-electron chi connectivity index (χ3n) is 5.54. The summed E-state index contributed by atoms with van der Waals surface area (Å²) in [4.78, 5) is 37.5. The molecule has 8 nitrogen and oxygen atoms in total. The number of ether oxygens (including phenoxy) is 1. The van der Waals surface area contributed by atoms with Gasteiger partial charge in [-0.05, 0) is 50.6 Å². The summed E-state index contributed by atoms with van der Waals surface area (Å²) in [5, 5.41) is 6.38. The Balaban J connectivity index is 1.56. The molecule has 2 saturated heterocycles. The minimum absolute atomic E-state index is 0.0931. The van der Waals surface area contributed by atoms with Crippen molar-refractivity contribution in [2.75, 3.05) is 13.1 Å². The van der Waals surface area contributed by atoms with Crippen molar-refractivity contribution in [1.82, 2.24) is 20.0 Å². The molecule has 2 N–H and O–H groups in total. The highest BCUT2D eigenvalue weighted by Crippen LogP contribution is 2.30. The number of benzene rings is 1. The first-order valence-corrected chi connectivity index (χ1v) is 11.0. The third-order valence-corrected chi connectivity index (χ3v) is 6.00. The standard InChI is InChI=1S/C21H25BrN4O4/c1-13-8-15(22)9-14(21(13)30-17-4-6-23-7-5-17)11-26-20(29)10-16(24-26)12-25-18(27)2-3-19(25)28/h8-10,17,23-24H,2-7,11-12H2,1H3. The van der Waals surface area contributed by atoms with Gasteiger partial charge in [-0.1, -0.05) is 15.9 Å². The predicted molar refractivity (Wildman–Crippen MR) is 114 cm³/mol. The molecule has 0 radical (unpaired) electrons. The second-order valence-electron chi connectivity index (χ2n) is 7.86. The maximum atomic E-state index is 12.5. The normalized spacial score (nSPS) is 17.7. The van der Waals surface area contributed by atoms with Crippen LogP contribution >= 0.6 is 15.9 Å². The highest BCUT2D eigenvalue weighted by molar-refractivity contribution is 9.10. The fourth-order valence-electron chi connectivity index (χ4n) is 3.99. The lowest BCUT2D eigenvalue weighted by Crippen LogP contribution is -2.34. The summed E-state index contributed by atoms with van der Waals surface area (Å²) in [6.45, 7) is 4.27. The lowest BCUT2D eigenvalue weighted by atomic mass is 10.1. The summed E-state index contributed by atoms with van der Waals surface area (Å²) in [6.07, 6.45) is 2.50. The van der Waals surface area contributed by atoms with Crippen LogP contribution in [0.5, 0.6) is 5.75 Å². The molecule has 160 valence electrons. The van der Waals surface area contributed by atoms with Gasteiger partial charge in [0.15, 0.2) is 0 Å². The molecule has 1 aromatic heterocycles. The molecule has 2 aliphatic rings. The maximum absolute atomic E-state index is 12.5. The first-order chi connectivity index (χ1) is 14.4. The van der Waals surface area contributed by atoms with Gasteiger partial charge >= 0.3 is 0 Å². The van der Waals surface area contributed by atoms with Crippen LogP contribution in [-0.4, -0.2) is 45.7 Å². The number of hydrogen-bond donors (Lipinski definition) is 2. The Labute approximate surface area is 182 Å². The molecule has 0 atom stereocenters. The molecule has 30 heavy (non-hydrogen) atoms. The number of nitrogens with one attached hydrogen (secondary N) is 2. The lowest BCUT2D eigenvalue weighted by Gasteiger charge is -2.26. The molecule has 2 aromatic rings. The summed E-state index contributed by atoms with van der Waals surface area (Å²) in [5.41, 5.74) is 2.22. The van der Waals surface area contributed by atoms with Gasteiger partial charge in [0.05, 0.1) is 18.8 Å². The third kappa shape index (κ3) is 4.52. The minimum Gasteiger partial charge on any atom is -0.490 e. The van der Waals surface area contributed by atoms with E-state index in [0.29, 0.717) is 12.2 Å². The van der Waals surface area contributed by atoms with E-state index >= 15 is 0 Å². The highest BCUT2D eigenvalue weighted by atomic mass is 79.9. The zero-order valence-electron chi connectivity index (χ0n) is 16.9. The van der Waals surface area contributed by atoms with E-state index in [1.54, 1.807) is 0 Å². The molecule has 3 heterocycles. The van der Waals surface area contributed by atoms with Crippen LogP contribution in [0.3, 0.4) is 0 Å². The fourth-order valence-corrected chi connectivity index (χ4v) is 4.61.